The van der Waals surface area contributed by atoms with Gasteiger partial charge in [0.05, 0.1) is 25.0 Å². The molecule has 1 saturated heterocycles. The molecule has 0 amide bonds. The van der Waals surface area contributed by atoms with E-state index in [9.17, 15) is 17.2 Å². The number of pyridine rings is 1. The summed E-state index contributed by atoms with van der Waals surface area (Å²) in [5.74, 6) is 0.335. The second-order valence-corrected chi connectivity index (χ2v) is 8.38. The van der Waals surface area contributed by atoms with Crippen molar-refractivity contribution in [2.75, 3.05) is 30.9 Å². The summed E-state index contributed by atoms with van der Waals surface area (Å²) in [6.07, 6.45) is 1.97. The van der Waals surface area contributed by atoms with Crippen LogP contribution in [-0.2, 0) is 31.4 Å². The monoisotopic (exact) mass is 372 g/mol. The third-order valence-electron chi connectivity index (χ3n) is 3.45. The number of nitrogens with zero attached hydrogens (tertiary/aromatic N) is 2. The topological polar surface area (TPSA) is 96.8 Å². The molecule has 0 spiro atoms. The number of ether oxygens (including phenoxy) is 1. The van der Waals surface area contributed by atoms with Crippen molar-refractivity contribution >= 4 is 26.7 Å². The molecule has 0 saturated carbocycles. The van der Waals surface area contributed by atoms with E-state index in [1.54, 1.807) is 6.07 Å². The number of sulfone groups is 1. The Morgan fingerprint density at radius 2 is 2.22 bits per heavy atom. The smallest absolute Gasteiger partial charge is 1.00 e. The van der Waals surface area contributed by atoms with Crippen molar-refractivity contribution in [2.45, 2.75) is 30.2 Å². The molecule has 0 radical (unpaired) electrons. The van der Waals surface area contributed by atoms with Crippen LogP contribution in [0.5, 0.6) is 0 Å². The fourth-order valence-electron chi connectivity index (χ4n) is 2.46. The quantitative estimate of drug-likeness (QED) is 0.469. The Balaban J connectivity index is 0.00000264. The van der Waals surface area contributed by atoms with Crippen LogP contribution < -0.4 is 34.5 Å². The predicted molar refractivity (Wildman–Crippen MR) is 85.2 cm³/mol. The average molecular weight is 372 g/mol. The van der Waals surface area contributed by atoms with Gasteiger partial charge in [-0.2, -0.15) is 0 Å². The summed E-state index contributed by atoms with van der Waals surface area (Å²) in [4.78, 5) is 6.22. The minimum absolute atomic E-state index is 0. The summed E-state index contributed by atoms with van der Waals surface area (Å²) in [6.45, 7) is 3.75. The van der Waals surface area contributed by atoms with Crippen molar-refractivity contribution in [3.8, 4) is 0 Å². The minimum atomic E-state index is -3.24. The first-order chi connectivity index (χ1) is 10.3. The molecule has 2 heterocycles. The van der Waals surface area contributed by atoms with Crippen LogP contribution in [-0.4, -0.2) is 54.2 Å². The number of aromatic nitrogens is 1. The van der Waals surface area contributed by atoms with E-state index in [1.165, 1.54) is 6.07 Å². The first kappa shape index (κ1) is 21.0. The van der Waals surface area contributed by atoms with Gasteiger partial charge in [0.15, 0.2) is 14.9 Å². The first-order valence-electron chi connectivity index (χ1n) is 6.94. The van der Waals surface area contributed by atoms with Gasteiger partial charge in [0.1, 0.15) is 5.82 Å². The Labute approximate surface area is 162 Å². The molecule has 1 aromatic heterocycles. The van der Waals surface area contributed by atoms with Crippen LogP contribution in [0, 0.1) is 0 Å². The molecule has 1 unspecified atom stereocenters. The predicted octanol–water partition coefficient (Wildman–Crippen LogP) is -2.06. The van der Waals surface area contributed by atoms with Gasteiger partial charge in [0.25, 0.3) is 0 Å². The summed E-state index contributed by atoms with van der Waals surface area (Å²) in [5, 5.41) is -0.0301. The zero-order valence-electron chi connectivity index (χ0n) is 14.6. The number of rotatable bonds is 5. The van der Waals surface area contributed by atoms with E-state index in [0.717, 1.165) is 12.7 Å². The minimum Gasteiger partial charge on any atom is -1.00 e. The first-order valence-corrected chi connectivity index (χ1v) is 10.1. The SMILES string of the molecule is CC[C@H]1COCCN1c1cc(CS(C)(=O)=O)cc(S(=O)O)n1.[H-].[Na+]. The van der Waals surface area contributed by atoms with Gasteiger partial charge in [-0.1, -0.05) is 6.92 Å². The van der Waals surface area contributed by atoms with Gasteiger partial charge in [-0.3, -0.25) is 0 Å². The summed E-state index contributed by atoms with van der Waals surface area (Å²) < 4.78 is 49.1. The Morgan fingerprint density at radius 1 is 1.52 bits per heavy atom. The fraction of sp³-hybridized carbons (Fsp3) is 0.615. The normalized spacial score (nSPS) is 20.0. The number of morpholine rings is 1. The van der Waals surface area contributed by atoms with Crippen molar-refractivity contribution < 1.29 is 52.9 Å². The maximum atomic E-state index is 11.5. The summed E-state index contributed by atoms with van der Waals surface area (Å²) in [5.41, 5.74) is 0.464. The largest absolute Gasteiger partial charge is 1.00 e. The van der Waals surface area contributed by atoms with Crippen LogP contribution in [0.25, 0.3) is 0 Å². The Morgan fingerprint density at radius 3 is 2.78 bits per heavy atom. The van der Waals surface area contributed by atoms with E-state index in [4.69, 9.17) is 4.74 Å². The number of hydrogen-bond donors (Lipinski definition) is 1. The van der Waals surface area contributed by atoms with Crippen LogP contribution in [0.15, 0.2) is 17.2 Å². The Bertz CT molecular complexity index is 674. The van der Waals surface area contributed by atoms with E-state index in [2.05, 4.69) is 4.98 Å². The van der Waals surface area contributed by atoms with E-state index in [0.29, 0.717) is 31.1 Å². The van der Waals surface area contributed by atoms with E-state index < -0.39 is 20.9 Å². The standard InChI is InChI=1S/C13H20N2O5S2.Na.H/c1-3-11-8-20-5-4-15(11)12-6-10(9-22(2,18)19)7-13(14-12)21(16)17;;/h6-7,11H,3-5,8-9H2,1-2H3,(H,16,17);;/q;+1;-1/t11-;;/m0../s1. The second kappa shape index (κ2) is 8.89. The molecule has 0 bridgehead atoms. The van der Waals surface area contributed by atoms with Gasteiger partial charge in [0, 0.05) is 12.8 Å². The van der Waals surface area contributed by atoms with Gasteiger partial charge in [-0.05, 0) is 24.1 Å². The van der Waals surface area contributed by atoms with Gasteiger partial charge >= 0.3 is 29.6 Å². The van der Waals surface area contributed by atoms with Crippen LogP contribution in [0.2, 0.25) is 0 Å². The molecule has 1 aliphatic heterocycles. The maximum Gasteiger partial charge on any atom is 1.00 e. The maximum absolute atomic E-state index is 11.5. The molecule has 2 atom stereocenters. The van der Waals surface area contributed by atoms with Crippen molar-refractivity contribution in [2.24, 2.45) is 0 Å². The zero-order chi connectivity index (χ0) is 16.3. The molecule has 2 rings (SSSR count). The average Bonchev–Trinajstić information content (AvgIpc) is 2.45. The van der Waals surface area contributed by atoms with Crippen LogP contribution in [0.1, 0.15) is 20.3 Å². The fourth-order valence-corrected chi connectivity index (χ4v) is 3.66. The number of hydrogen-bond acceptors (Lipinski definition) is 6. The van der Waals surface area contributed by atoms with Crippen molar-refractivity contribution in [1.82, 2.24) is 4.98 Å². The van der Waals surface area contributed by atoms with Gasteiger partial charge in [-0.15, -0.1) is 0 Å². The van der Waals surface area contributed by atoms with Crippen molar-refractivity contribution in [3.63, 3.8) is 0 Å². The number of anilines is 1. The van der Waals surface area contributed by atoms with Crippen molar-refractivity contribution in [3.05, 3.63) is 17.7 Å². The van der Waals surface area contributed by atoms with Gasteiger partial charge in [0.2, 0.25) is 11.1 Å². The summed E-state index contributed by atoms with van der Waals surface area (Å²) in [7, 11) is -3.24. The zero-order valence-corrected chi connectivity index (χ0v) is 17.2. The molecule has 126 valence electrons. The van der Waals surface area contributed by atoms with Gasteiger partial charge in [-0.25, -0.2) is 17.6 Å². The molecular formula is C13H21N2NaO5S2. The molecule has 1 aromatic rings. The molecule has 1 fully saturated rings. The Hall–Kier alpha value is -0.0300. The second-order valence-electron chi connectivity index (χ2n) is 5.32. The van der Waals surface area contributed by atoms with Crippen LogP contribution in [0.3, 0.4) is 0 Å². The van der Waals surface area contributed by atoms with Crippen molar-refractivity contribution in [1.29, 1.82) is 0 Å². The molecular weight excluding hydrogens is 351 g/mol. The molecule has 23 heavy (non-hydrogen) atoms. The molecule has 1 N–H and O–H groups in total. The Kier molecular flexibility index (Phi) is 8.12. The summed E-state index contributed by atoms with van der Waals surface area (Å²) >= 11 is -2.26. The molecule has 0 aliphatic carbocycles. The third-order valence-corrected chi connectivity index (χ3v) is 4.87. The van der Waals surface area contributed by atoms with E-state index in [1.807, 2.05) is 11.8 Å². The third kappa shape index (κ3) is 6.08. The molecule has 7 nitrogen and oxygen atoms in total. The molecule has 10 heteroatoms. The van der Waals surface area contributed by atoms with Crippen LogP contribution >= 0.6 is 0 Å². The van der Waals surface area contributed by atoms with Crippen LogP contribution in [0.4, 0.5) is 5.82 Å². The molecule has 1 aliphatic rings. The van der Waals surface area contributed by atoms with E-state index >= 15 is 0 Å². The van der Waals surface area contributed by atoms with Gasteiger partial charge < -0.3 is 15.6 Å². The summed E-state index contributed by atoms with van der Waals surface area (Å²) in [6, 6.07) is 3.16. The van der Waals surface area contributed by atoms with E-state index in [-0.39, 0.29) is 47.8 Å². The molecule has 0 aromatic carbocycles.